The van der Waals surface area contributed by atoms with Crippen molar-refractivity contribution in [1.29, 1.82) is 0 Å². The minimum absolute atomic E-state index is 0.135. The summed E-state index contributed by atoms with van der Waals surface area (Å²) in [5.74, 6) is 0.135. The highest BCUT2D eigenvalue weighted by molar-refractivity contribution is 7.08. The van der Waals surface area contributed by atoms with Crippen LogP contribution in [-0.4, -0.2) is 29.9 Å². The normalized spacial score (nSPS) is 20.1. The average molecular weight is 226 g/mol. The zero-order chi connectivity index (χ0) is 10.7. The third-order valence-electron chi connectivity index (χ3n) is 2.98. The van der Waals surface area contributed by atoms with Crippen molar-refractivity contribution in [3.05, 3.63) is 17.1 Å². The summed E-state index contributed by atoms with van der Waals surface area (Å²) >= 11 is 1.24. The van der Waals surface area contributed by atoms with Crippen molar-refractivity contribution in [2.24, 2.45) is 11.1 Å². The standard InChI is InChI=1S/C10H14N2O2S/c11-7-10(2-5-14-6-3-10)9(13)8-1-4-12-15-8/h1,4H,2-3,5-7,11H2. The lowest BCUT2D eigenvalue weighted by Gasteiger charge is -2.33. The number of Topliss-reactive ketones (excluding diaryl/α,β-unsaturated/α-hetero) is 1. The number of aromatic nitrogens is 1. The molecule has 0 amide bonds. The Balaban J connectivity index is 2.22. The van der Waals surface area contributed by atoms with Gasteiger partial charge in [0.05, 0.1) is 10.3 Å². The maximum Gasteiger partial charge on any atom is 0.181 e. The number of carbonyl (C=O) groups excluding carboxylic acids is 1. The Hall–Kier alpha value is -0.780. The highest BCUT2D eigenvalue weighted by atomic mass is 32.1. The van der Waals surface area contributed by atoms with Crippen LogP contribution in [0.15, 0.2) is 12.3 Å². The van der Waals surface area contributed by atoms with E-state index in [-0.39, 0.29) is 5.78 Å². The molecule has 0 saturated carbocycles. The lowest BCUT2D eigenvalue weighted by atomic mass is 9.76. The van der Waals surface area contributed by atoms with E-state index >= 15 is 0 Å². The summed E-state index contributed by atoms with van der Waals surface area (Å²) in [6.45, 7) is 1.65. The van der Waals surface area contributed by atoms with Crippen LogP contribution in [-0.2, 0) is 4.74 Å². The fraction of sp³-hybridized carbons (Fsp3) is 0.600. The number of carbonyl (C=O) groups is 1. The molecule has 0 spiro atoms. The van der Waals surface area contributed by atoms with Crippen LogP contribution >= 0.6 is 11.5 Å². The third-order valence-corrected chi connectivity index (χ3v) is 3.73. The summed E-state index contributed by atoms with van der Waals surface area (Å²) in [5, 5.41) is 0. The van der Waals surface area contributed by atoms with Crippen molar-refractivity contribution in [3.8, 4) is 0 Å². The monoisotopic (exact) mass is 226 g/mol. The predicted molar refractivity (Wildman–Crippen MR) is 58.0 cm³/mol. The second kappa shape index (κ2) is 4.38. The summed E-state index contributed by atoms with van der Waals surface area (Å²) in [5.41, 5.74) is 5.34. The van der Waals surface area contributed by atoms with Crippen LogP contribution < -0.4 is 5.73 Å². The van der Waals surface area contributed by atoms with Gasteiger partial charge in [-0.25, -0.2) is 4.37 Å². The van der Waals surface area contributed by atoms with Crippen LogP contribution in [0.2, 0.25) is 0 Å². The second-order valence-electron chi connectivity index (χ2n) is 3.80. The Morgan fingerprint density at radius 1 is 1.60 bits per heavy atom. The molecule has 0 aliphatic carbocycles. The van der Waals surface area contributed by atoms with Crippen molar-refractivity contribution < 1.29 is 9.53 Å². The van der Waals surface area contributed by atoms with E-state index < -0.39 is 5.41 Å². The molecule has 0 unspecified atom stereocenters. The molecule has 0 aromatic carbocycles. The van der Waals surface area contributed by atoms with Gasteiger partial charge in [0.25, 0.3) is 0 Å². The summed E-state index contributed by atoms with van der Waals surface area (Å²) in [4.78, 5) is 13.0. The first-order chi connectivity index (χ1) is 7.28. The Morgan fingerprint density at radius 2 is 2.33 bits per heavy atom. The van der Waals surface area contributed by atoms with Crippen LogP contribution in [0, 0.1) is 5.41 Å². The first-order valence-corrected chi connectivity index (χ1v) is 5.79. The molecule has 1 aromatic heterocycles. The molecule has 1 aromatic rings. The topological polar surface area (TPSA) is 65.2 Å². The Labute approximate surface area is 92.6 Å². The van der Waals surface area contributed by atoms with E-state index in [1.807, 2.05) is 0 Å². The molecule has 5 heteroatoms. The van der Waals surface area contributed by atoms with Crippen LogP contribution in [0.3, 0.4) is 0 Å². The van der Waals surface area contributed by atoms with E-state index in [1.165, 1.54) is 11.5 Å². The van der Waals surface area contributed by atoms with Gasteiger partial charge in [-0.15, -0.1) is 0 Å². The first-order valence-electron chi connectivity index (χ1n) is 5.02. The maximum absolute atomic E-state index is 12.2. The van der Waals surface area contributed by atoms with E-state index in [0.717, 1.165) is 12.8 Å². The molecule has 1 aliphatic rings. The smallest absolute Gasteiger partial charge is 0.181 e. The molecule has 0 atom stereocenters. The molecule has 1 fully saturated rings. The molecule has 4 nitrogen and oxygen atoms in total. The molecule has 0 radical (unpaired) electrons. The van der Waals surface area contributed by atoms with E-state index in [9.17, 15) is 4.79 Å². The molecule has 0 bridgehead atoms. The van der Waals surface area contributed by atoms with Crippen molar-refractivity contribution in [3.63, 3.8) is 0 Å². The van der Waals surface area contributed by atoms with Gasteiger partial charge in [-0.05, 0) is 30.4 Å². The van der Waals surface area contributed by atoms with Crippen LogP contribution in [0.25, 0.3) is 0 Å². The van der Waals surface area contributed by atoms with Crippen molar-refractivity contribution in [1.82, 2.24) is 4.37 Å². The first kappa shape index (κ1) is 10.7. The molecular formula is C10H14N2O2S. The fourth-order valence-corrected chi connectivity index (χ4v) is 2.54. The zero-order valence-corrected chi connectivity index (χ0v) is 9.26. The van der Waals surface area contributed by atoms with Gasteiger partial charge in [-0.2, -0.15) is 0 Å². The second-order valence-corrected chi connectivity index (χ2v) is 4.64. The van der Waals surface area contributed by atoms with Crippen LogP contribution in [0.4, 0.5) is 0 Å². The Kier molecular flexibility index (Phi) is 3.14. The number of nitrogens with two attached hydrogens (primary N) is 1. The van der Waals surface area contributed by atoms with Crippen LogP contribution in [0.5, 0.6) is 0 Å². The van der Waals surface area contributed by atoms with Crippen molar-refractivity contribution >= 4 is 17.3 Å². The van der Waals surface area contributed by atoms with Gasteiger partial charge in [-0.3, -0.25) is 4.79 Å². The lowest BCUT2D eigenvalue weighted by Crippen LogP contribution is -2.43. The van der Waals surface area contributed by atoms with Gasteiger partial charge in [0.1, 0.15) is 0 Å². The van der Waals surface area contributed by atoms with Crippen molar-refractivity contribution in [2.75, 3.05) is 19.8 Å². The van der Waals surface area contributed by atoms with E-state index in [1.54, 1.807) is 12.3 Å². The highest BCUT2D eigenvalue weighted by Crippen LogP contribution is 2.33. The number of ketones is 1. The summed E-state index contributed by atoms with van der Waals surface area (Å²) in [6.07, 6.45) is 3.10. The number of nitrogens with zero attached hydrogens (tertiary/aromatic N) is 1. The number of hydrogen-bond acceptors (Lipinski definition) is 5. The van der Waals surface area contributed by atoms with Gasteiger partial charge >= 0.3 is 0 Å². The van der Waals surface area contributed by atoms with Gasteiger partial charge in [0, 0.05) is 26.0 Å². The molecule has 15 heavy (non-hydrogen) atoms. The molecular weight excluding hydrogens is 212 g/mol. The quantitative estimate of drug-likeness (QED) is 0.783. The lowest BCUT2D eigenvalue weighted by molar-refractivity contribution is 0.0203. The highest BCUT2D eigenvalue weighted by Gasteiger charge is 2.39. The fourth-order valence-electron chi connectivity index (χ4n) is 1.88. The Bertz CT molecular complexity index is 331. The molecule has 82 valence electrons. The molecule has 1 aliphatic heterocycles. The van der Waals surface area contributed by atoms with Crippen LogP contribution in [0.1, 0.15) is 22.5 Å². The minimum Gasteiger partial charge on any atom is -0.381 e. The third kappa shape index (κ3) is 1.95. The number of ether oxygens (including phenoxy) is 1. The molecule has 2 N–H and O–H groups in total. The summed E-state index contributed by atoms with van der Waals surface area (Å²) in [7, 11) is 0. The van der Waals surface area contributed by atoms with Gasteiger partial charge in [0.15, 0.2) is 5.78 Å². The molecule has 2 rings (SSSR count). The van der Waals surface area contributed by atoms with Gasteiger partial charge in [0.2, 0.25) is 0 Å². The largest absolute Gasteiger partial charge is 0.381 e. The van der Waals surface area contributed by atoms with Crippen molar-refractivity contribution in [2.45, 2.75) is 12.8 Å². The Morgan fingerprint density at radius 3 is 2.87 bits per heavy atom. The predicted octanol–water partition coefficient (Wildman–Crippen LogP) is 1.08. The number of rotatable bonds is 3. The van der Waals surface area contributed by atoms with Gasteiger partial charge < -0.3 is 10.5 Å². The average Bonchev–Trinajstić information content (AvgIpc) is 2.82. The molecule has 1 saturated heterocycles. The number of hydrogen-bond donors (Lipinski definition) is 1. The van der Waals surface area contributed by atoms with E-state index in [4.69, 9.17) is 10.5 Å². The minimum atomic E-state index is -0.412. The SMILES string of the molecule is NCC1(C(=O)c2ccns2)CCOCC1. The zero-order valence-electron chi connectivity index (χ0n) is 8.44. The summed E-state index contributed by atoms with van der Waals surface area (Å²) in [6, 6.07) is 1.76. The maximum atomic E-state index is 12.2. The molecule has 2 heterocycles. The van der Waals surface area contributed by atoms with Gasteiger partial charge in [-0.1, -0.05) is 0 Å². The summed E-state index contributed by atoms with van der Waals surface area (Å²) < 4.78 is 9.23. The van der Waals surface area contributed by atoms with E-state index in [0.29, 0.717) is 24.6 Å². The van der Waals surface area contributed by atoms with E-state index in [2.05, 4.69) is 4.37 Å².